The van der Waals surface area contributed by atoms with E-state index in [0.717, 1.165) is 5.56 Å². The maximum Gasteiger partial charge on any atom is 0.233 e. The lowest BCUT2D eigenvalue weighted by molar-refractivity contribution is -0.127. The minimum Gasteiger partial charge on any atom is -0.495 e. The Hall–Kier alpha value is -2.09. The Morgan fingerprint density at radius 1 is 1.30 bits per heavy atom. The Bertz CT molecular complexity index is 715. The van der Waals surface area contributed by atoms with Crippen molar-refractivity contribution in [2.24, 2.45) is 0 Å². The molecule has 1 fully saturated rings. The lowest BCUT2D eigenvalue weighted by Crippen LogP contribution is -2.37. The van der Waals surface area contributed by atoms with Crippen LogP contribution < -0.4 is 15.4 Å². The number of aryl methyl sites for hydroxylation is 1. The maximum atomic E-state index is 12.0. The predicted octanol–water partition coefficient (Wildman–Crippen LogP) is 0.636. The van der Waals surface area contributed by atoms with Gasteiger partial charge in [-0.2, -0.15) is 0 Å². The van der Waals surface area contributed by atoms with Gasteiger partial charge in [-0.3, -0.25) is 9.59 Å². The third kappa shape index (κ3) is 4.95. The number of rotatable bonds is 5. The number of hydrogen-bond donors (Lipinski definition) is 2. The Labute approximate surface area is 135 Å². The normalized spacial score (nSPS) is 19.1. The van der Waals surface area contributed by atoms with Gasteiger partial charge in [-0.25, -0.2) is 8.42 Å². The first-order chi connectivity index (χ1) is 10.8. The van der Waals surface area contributed by atoms with Crippen LogP contribution >= 0.6 is 0 Å². The Morgan fingerprint density at radius 2 is 2.04 bits per heavy atom. The summed E-state index contributed by atoms with van der Waals surface area (Å²) in [6.45, 7) is 1.88. The largest absolute Gasteiger partial charge is 0.495 e. The van der Waals surface area contributed by atoms with Crippen LogP contribution in [0, 0.1) is 6.92 Å². The lowest BCUT2D eigenvalue weighted by Gasteiger charge is -2.12. The van der Waals surface area contributed by atoms with Crippen LogP contribution in [0.3, 0.4) is 0 Å². The predicted molar refractivity (Wildman–Crippen MR) is 86.2 cm³/mol. The highest BCUT2D eigenvalue weighted by molar-refractivity contribution is 7.91. The van der Waals surface area contributed by atoms with Crippen molar-refractivity contribution in [2.45, 2.75) is 25.8 Å². The second-order valence-corrected chi connectivity index (χ2v) is 7.82. The van der Waals surface area contributed by atoms with Gasteiger partial charge in [0.05, 0.1) is 24.3 Å². The van der Waals surface area contributed by atoms with E-state index in [1.54, 1.807) is 12.1 Å². The molecule has 0 bridgehead atoms. The summed E-state index contributed by atoms with van der Waals surface area (Å²) in [5, 5.41) is 5.21. The molecule has 1 heterocycles. The van der Waals surface area contributed by atoms with E-state index in [1.807, 2.05) is 13.0 Å². The second kappa shape index (κ2) is 6.99. The number of carbonyl (C=O) groups excluding carboxylic acids is 2. The van der Waals surface area contributed by atoms with Gasteiger partial charge in [-0.05, 0) is 31.0 Å². The van der Waals surface area contributed by atoms with Crippen molar-refractivity contribution >= 4 is 27.3 Å². The van der Waals surface area contributed by atoms with E-state index in [0.29, 0.717) is 17.9 Å². The average molecular weight is 340 g/mol. The van der Waals surface area contributed by atoms with Crippen LogP contribution in [0.15, 0.2) is 18.2 Å². The fraction of sp³-hybridized carbons (Fsp3) is 0.467. The first-order valence-corrected chi connectivity index (χ1v) is 9.05. The molecule has 2 amide bonds. The zero-order valence-corrected chi connectivity index (χ0v) is 13.9. The van der Waals surface area contributed by atoms with Crippen molar-refractivity contribution < 1.29 is 22.7 Å². The summed E-state index contributed by atoms with van der Waals surface area (Å²) in [7, 11) is -1.57. The van der Waals surface area contributed by atoms with Crippen LogP contribution in [0.1, 0.15) is 18.4 Å². The molecule has 0 spiro atoms. The van der Waals surface area contributed by atoms with Crippen molar-refractivity contribution in [2.75, 3.05) is 23.9 Å². The minimum absolute atomic E-state index is 0.0634. The third-order valence-corrected chi connectivity index (χ3v) is 5.32. The van der Waals surface area contributed by atoms with Gasteiger partial charge in [-0.1, -0.05) is 6.07 Å². The van der Waals surface area contributed by atoms with Gasteiger partial charge in [0.25, 0.3) is 0 Å². The van der Waals surface area contributed by atoms with E-state index in [1.165, 1.54) is 7.11 Å². The van der Waals surface area contributed by atoms with Gasteiger partial charge >= 0.3 is 0 Å². The van der Waals surface area contributed by atoms with Crippen LogP contribution in [0.5, 0.6) is 5.75 Å². The number of carbonyl (C=O) groups is 2. The van der Waals surface area contributed by atoms with E-state index >= 15 is 0 Å². The molecule has 126 valence electrons. The number of amides is 2. The molecule has 1 aliphatic rings. The zero-order chi connectivity index (χ0) is 17.0. The molecule has 1 atom stereocenters. The van der Waals surface area contributed by atoms with Gasteiger partial charge in [0.15, 0.2) is 9.84 Å². The first kappa shape index (κ1) is 17.3. The number of anilines is 1. The molecule has 0 saturated carbocycles. The van der Waals surface area contributed by atoms with Crippen molar-refractivity contribution in [1.82, 2.24) is 5.32 Å². The SMILES string of the molecule is COc1ccc(C)cc1NC(=O)CC(=O)NC1CCS(=O)(=O)C1. The highest BCUT2D eigenvalue weighted by Crippen LogP contribution is 2.25. The van der Waals surface area contributed by atoms with Gasteiger partial charge < -0.3 is 15.4 Å². The fourth-order valence-electron chi connectivity index (χ4n) is 2.45. The Morgan fingerprint density at radius 3 is 2.65 bits per heavy atom. The standard InChI is InChI=1S/C15H20N2O5S/c1-10-3-4-13(22-2)12(7-10)17-15(19)8-14(18)16-11-5-6-23(20,21)9-11/h3-4,7,11H,5-6,8-9H2,1-2H3,(H,16,18)(H,17,19). The monoisotopic (exact) mass is 340 g/mol. The average Bonchev–Trinajstić information content (AvgIpc) is 2.77. The molecule has 8 heteroatoms. The lowest BCUT2D eigenvalue weighted by atomic mass is 10.2. The van der Waals surface area contributed by atoms with Crippen LogP contribution in [0.25, 0.3) is 0 Å². The first-order valence-electron chi connectivity index (χ1n) is 7.23. The van der Waals surface area contributed by atoms with E-state index in [-0.39, 0.29) is 17.9 Å². The number of nitrogens with one attached hydrogen (secondary N) is 2. The summed E-state index contributed by atoms with van der Waals surface area (Å²) in [4.78, 5) is 23.8. The van der Waals surface area contributed by atoms with Crippen LogP contribution in [0.2, 0.25) is 0 Å². The van der Waals surface area contributed by atoms with E-state index in [9.17, 15) is 18.0 Å². The van der Waals surface area contributed by atoms with Crippen molar-refractivity contribution in [3.8, 4) is 5.75 Å². The van der Waals surface area contributed by atoms with Crippen molar-refractivity contribution in [1.29, 1.82) is 0 Å². The zero-order valence-electron chi connectivity index (χ0n) is 13.1. The maximum absolute atomic E-state index is 12.0. The van der Waals surface area contributed by atoms with Crippen molar-refractivity contribution in [3.63, 3.8) is 0 Å². The molecule has 1 aromatic rings. The molecular weight excluding hydrogens is 320 g/mol. The highest BCUT2D eigenvalue weighted by Gasteiger charge is 2.29. The summed E-state index contributed by atoms with van der Waals surface area (Å²) in [5.41, 5.74) is 1.44. The van der Waals surface area contributed by atoms with Gasteiger partial charge in [0.2, 0.25) is 11.8 Å². The molecule has 1 unspecified atom stereocenters. The molecule has 0 aliphatic carbocycles. The van der Waals surface area contributed by atoms with Crippen LogP contribution in [-0.2, 0) is 19.4 Å². The number of benzene rings is 1. The molecule has 0 radical (unpaired) electrons. The van der Waals surface area contributed by atoms with Crippen LogP contribution in [-0.4, -0.2) is 44.9 Å². The van der Waals surface area contributed by atoms with Crippen molar-refractivity contribution in [3.05, 3.63) is 23.8 Å². The summed E-state index contributed by atoms with van der Waals surface area (Å²) in [5.74, 6) is -0.453. The highest BCUT2D eigenvalue weighted by atomic mass is 32.2. The van der Waals surface area contributed by atoms with E-state index in [4.69, 9.17) is 4.74 Å². The van der Waals surface area contributed by atoms with E-state index < -0.39 is 27.7 Å². The third-order valence-electron chi connectivity index (χ3n) is 3.55. The summed E-state index contributed by atoms with van der Waals surface area (Å²) in [6.07, 6.45) is 0.0229. The van der Waals surface area contributed by atoms with Gasteiger partial charge in [0.1, 0.15) is 12.2 Å². The number of ether oxygens (including phenoxy) is 1. The molecule has 2 rings (SSSR count). The van der Waals surface area contributed by atoms with Gasteiger partial charge in [-0.15, -0.1) is 0 Å². The Balaban J connectivity index is 1.90. The molecule has 2 N–H and O–H groups in total. The quantitative estimate of drug-likeness (QED) is 0.766. The summed E-state index contributed by atoms with van der Waals surface area (Å²) in [6, 6.07) is 4.92. The number of hydrogen-bond acceptors (Lipinski definition) is 5. The minimum atomic E-state index is -3.06. The van der Waals surface area contributed by atoms with Crippen LogP contribution in [0.4, 0.5) is 5.69 Å². The molecule has 1 aromatic carbocycles. The summed E-state index contributed by atoms with van der Waals surface area (Å²) >= 11 is 0. The molecule has 1 aliphatic heterocycles. The fourth-order valence-corrected chi connectivity index (χ4v) is 4.12. The van der Waals surface area contributed by atoms with E-state index in [2.05, 4.69) is 10.6 Å². The topological polar surface area (TPSA) is 102 Å². The molecule has 1 saturated heterocycles. The Kier molecular flexibility index (Phi) is 5.25. The smallest absolute Gasteiger partial charge is 0.233 e. The summed E-state index contributed by atoms with van der Waals surface area (Å²) < 4.78 is 27.8. The molecule has 23 heavy (non-hydrogen) atoms. The number of methoxy groups -OCH3 is 1. The number of sulfone groups is 1. The molecular formula is C15H20N2O5S. The van der Waals surface area contributed by atoms with Gasteiger partial charge in [0, 0.05) is 6.04 Å². The second-order valence-electron chi connectivity index (χ2n) is 5.60. The molecule has 7 nitrogen and oxygen atoms in total. The molecule has 0 aromatic heterocycles.